The molecule has 5 heteroatoms. The summed E-state index contributed by atoms with van der Waals surface area (Å²) < 4.78 is 20.7. The summed E-state index contributed by atoms with van der Waals surface area (Å²) in [4.78, 5) is 11.5. The molecule has 0 aliphatic carbocycles. The molecule has 0 spiro atoms. The molecule has 0 amide bonds. The highest BCUT2D eigenvalue weighted by Crippen LogP contribution is 2.13. The van der Waals surface area contributed by atoms with Gasteiger partial charge in [0.15, 0.2) is 0 Å². The Bertz CT molecular complexity index is 207. The molecule has 1 fully saturated rings. The fourth-order valence-electron chi connectivity index (χ4n) is 1.63. The molecule has 0 N–H and O–H groups in total. The molecule has 0 aromatic heterocycles. The van der Waals surface area contributed by atoms with Gasteiger partial charge in [-0.05, 0) is 6.42 Å². The van der Waals surface area contributed by atoms with Crippen LogP contribution >= 0.6 is 0 Å². The van der Waals surface area contributed by atoms with E-state index in [2.05, 4.69) is 0 Å². The molecule has 1 heterocycles. The van der Waals surface area contributed by atoms with Gasteiger partial charge in [-0.1, -0.05) is 0 Å². The molecule has 0 aromatic rings. The fraction of sp³-hybridized carbons (Fsp3) is 0.917. The lowest BCUT2D eigenvalue weighted by molar-refractivity contribution is -0.131. The van der Waals surface area contributed by atoms with Crippen LogP contribution in [0.1, 0.15) is 12.8 Å². The summed E-state index contributed by atoms with van der Waals surface area (Å²) in [6.45, 7) is 4.04. The Morgan fingerprint density at radius 1 is 1.18 bits per heavy atom. The van der Waals surface area contributed by atoms with Gasteiger partial charge in [0.25, 0.3) is 0 Å². The second-order valence-corrected chi connectivity index (χ2v) is 3.99. The van der Waals surface area contributed by atoms with E-state index < -0.39 is 0 Å². The first-order valence-corrected chi connectivity index (χ1v) is 6.09. The topological polar surface area (TPSA) is 54.0 Å². The monoisotopic (exact) mass is 246 g/mol. The van der Waals surface area contributed by atoms with Crippen molar-refractivity contribution in [3.05, 3.63) is 0 Å². The molecule has 1 aliphatic rings. The average Bonchev–Trinajstić information content (AvgIpc) is 2.35. The number of hydrogen-bond acceptors (Lipinski definition) is 5. The SMILES string of the molecule is COCCOCCOCCC1COCCC1=O. The van der Waals surface area contributed by atoms with E-state index in [1.807, 2.05) is 0 Å². The van der Waals surface area contributed by atoms with Gasteiger partial charge in [0.1, 0.15) is 5.78 Å². The largest absolute Gasteiger partial charge is 0.382 e. The smallest absolute Gasteiger partial charge is 0.140 e. The van der Waals surface area contributed by atoms with Crippen molar-refractivity contribution in [2.45, 2.75) is 12.8 Å². The minimum absolute atomic E-state index is 0.0261. The maximum Gasteiger partial charge on any atom is 0.140 e. The molecule has 17 heavy (non-hydrogen) atoms. The molecule has 100 valence electrons. The molecule has 1 atom stereocenters. The lowest BCUT2D eigenvalue weighted by Crippen LogP contribution is -2.28. The Kier molecular flexibility index (Phi) is 8.17. The van der Waals surface area contributed by atoms with Crippen molar-refractivity contribution in [2.75, 3.05) is 53.4 Å². The van der Waals surface area contributed by atoms with Crippen LogP contribution in [-0.2, 0) is 23.7 Å². The van der Waals surface area contributed by atoms with E-state index in [1.54, 1.807) is 7.11 Å². The van der Waals surface area contributed by atoms with Gasteiger partial charge in [-0.2, -0.15) is 0 Å². The summed E-state index contributed by atoms with van der Waals surface area (Å²) >= 11 is 0. The zero-order valence-electron chi connectivity index (χ0n) is 10.5. The van der Waals surface area contributed by atoms with Gasteiger partial charge >= 0.3 is 0 Å². The summed E-state index contributed by atoms with van der Waals surface area (Å²) in [5.74, 6) is 0.328. The number of ether oxygens (including phenoxy) is 4. The average molecular weight is 246 g/mol. The Morgan fingerprint density at radius 3 is 2.59 bits per heavy atom. The van der Waals surface area contributed by atoms with Crippen LogP contribution in [0, 0.1) is 5.92 Å². The first-order valence-electron chi connectivity index (χ1n) is 6.09. The Hall–Kier alpha value is -0.490. The highest BCUT2D eigenvalue weighted by Gasteiger charge is 2.22. The second-order valence-electron chi connectivity index (χ2n) is 3.99. The number of methoxy groups -OCH3 is 1. The number of carbonyl (C=O) groups excluding carboxylic acids is 1. The zero-order chi connectivity index (χ0) is 12.3. The van der Waals surface area contributed by atoms with Crippen molar-refractivity contribution in [2.24, 2.45) is 5.92 Å². The quantitative estimate of drug-likeness (QED) is 0.559. The third-order valence-corrected chi connectivity index (χ3v) is 2.68. The van der Waals surface area contributed by atoms with E-state index in [0.717, 1.165) is 6.42 Å². The van der Waals surface area contributed by atoms with Crippen molar-refractivity contribution < 1.29 is 23.7 Å². The van der Waals surface area contributed by atoms with Gasteiger partial charge in [0, 0.05) is 26.1 Å². The summed E-state index contributed by atoms with van der Waals surface area (Å²) in [5, 5.41) is 0. The van der Waals surface area contributed by atoms with Gasteiger partial charge in [-0.3, -0.25) is 4.79 Å². The molecule has 0 saturated carbocycles. The van der Waals surface area contributed by atoms with Crippen molar-refractivity contribution in [1.82, 2.24) is 0 Å². The molecule has 1 aliphatic heterocycles. The standard InChI is InChI=1S/C12H22O5/c1-14-6-7-16-9-8-15-4-2-11-10-17-5-3-12(11)13/h11H,2-10H2,1H3. The highest BCUT2D eigenvalue weighted by molar-refractivity contribution is 5.81. The predicted octanol–water partition coefficient (Wildman–Crippen LogP) is 0.662. The van der Waals surface area contributed by atoms with Crippen LogP contribution in [0.15, 0.2) is 0 Å². The number of Topliss-reactive ketones (excluding diaryl/α,β-unsaturated/α-hetero) is 1. The number of hydrogen-bond donors (Lipinski definition) is 0. The molecule has 1 unspecified atom stereocenters. The van der Waals surface area contributed by atoms with Crippen LogP contribution in [0.3, 0.4) is 0 Å². The van der Waals surface area contributed by atoms with Crippen LogP contribution in [-0.4, -0.2) is 59.1 Å². The molecule has 1 saturated heterocycles. The summed E-state index contributed by atoms with van der Waals surface area (Å²) in [6, 6.07) is 0. The van der Waals surface area contributed by atoms with Crippen molar-refractivity contribution in [3.8, 4) is 0 Å². The van der Waals surface area contributed by atoms with Gasteiger partial charge in [0.2, 0.25) is 0 Å². The van der Waals surface area contributed by atoms with Crippen LogP contribution < -0.4 is 0 Å². The normalized spacial score (nSPS) is 20.8. The third-order valence-electron chi connectivity index (χ3n) is 2.68. The Balaban J connectivity index is 1.88. The second kappa shape index (κ2) is 9.53. The summed E-state index contributed by atoms with van der Waals surface area (Å²) in [5.41, 5.74) is 0. The van der Waals surface area contributed by atoms with Gasteiger partial charge in [-0.15, -0.1) is 0 Å². The molecule has 1 rings (SSSR count). The van der Waals surface area contributed by atoms with Gasteiger partial charge in [0.05, 0.1) is 39.6 Å². The van der Waals surface area contributed by atoms with Crippen molar-refractivity contribution >= 4 is 5.78 Å². The summed E-state index contributed by atoms with van der Waals surface area (Å²) in [7, 11) is 1.64. The third kappa shape index (κ3) is 6.73. The van der Waals surface area contributed by atoms with E-state index >= 15 is 0 Å². The maximum absolute atomic E-state index is 11.5. The van der Waals surface area contributed by atoms with E-state index in [1.165, 1.54) is 0 Å². The fourth-order valence-corrected chi connectivity index (χ4v) is 1.63. The molecule has 5 nitrogen and oxygen atoms in total. The molecule has 0 aromatic carbocycles. The number of rotatable bonds is 9. The van der Waals surface area contributed by atoms with Gasteiger partial charge < -0.3 is 18.9 Å². The lowest BCUT2D eigenvalue weighted by Gasteiger charge is -2.20. The number of carbonyl (C=O) groups is 1. The number of ketones is 1. The molecule has 0 radical (unpaired) electrons. The van der Waals surface area contributed by atoms with Gasteiger partial charge in [-0.25, -0.2) is 0 Å². The molecule has 0 bridgehead atoms. The van der Waals surface area contributed by atoms with E-state index in [9.17, 15) is 4.79 Å². The minimum atomic E-state index is 0.0261. The van der Waals surface area contributed by atoms with E-state index in [-0.39, 0.29) is 5.92 Å². The van der Waals surface area contributed by atoms with E-state index in [4.69, 9.17) is 18.9 Å². The van der Waals surface area contributed by atoms with Crippen LogP contribution in [0.4, 0.5) is 0 Å². The predicted molar refractivity (Wildman–Crippen MR) is 62.1 cm³/mol. The van der Waals surface area contributed by atoms with Crippen molar-refractivity contribution in [1.29, 1.82) is 0 Å². The van der Waals surface area contributed by atoms with Crippen LogP contribution in [0.25, 0.3) is 0 Å². The van der Waals surface area contributed by atoms with E-state index in [0.29, 0.717) is 58.5 Å². The minimum Gasteiger partial charge on any atom is -0.382 e. The summed E-state index contributed by atoms with van der Waals surface area (Å²) in [6.07, 6.45) is 1.29. The Morgan fingerprint density at radius 2 is 1.88 bits per heavy atom. The van der Waals surface area contributed by atoms with Crippen LogP contribution in [0.2, 0.25) is 0 Å². The Labute approximate surface area is 102 Å². The maximum atomic E-state index is 11.5. The van der Waals surface area contributed by atoms with Crippen molar-refractivity contribution in [3.63, 3.8) is 0 Å². The molecular formula is C12H22O5. The first kappa shape index (κ1) is 14.6. The lowest BCUT2D eigenvalue weighted by atomic mass is 9.98. The first-order chi connectivity index (χ1) is 8.34. The molecular weight excluding hydrogens is 224 g/mol. The van der Waals surface area contributed by atoms with Crippen LogP contribution in [0.5, 0.6) is 0 Å². The highest BCUT2D eigenvalue weighted by atomic mass is 16.5. The zero-order valence-corrected chi connectivity index (χ0v) is 10.5.